The Labute approximate surface area is 319 Å². The van der Waals surface area contributed by atoms with Crippen molar-refractivity contribution in [1.82, 2.24) is 0 Å². The number of ether oxygens (including phenoxy) is 2. The SMILES string of the molecule is C=CCCCCCCCCCCCCCCCC(=O)OC[C@H](COP(=O)(O)OCC[N+](C)(C)C)OC(=O)CCCCCCC/C=C/CCCCCC. The number of likely N-dealkylation sites (N-methyl/N-ethyl adjacent to an activating group) is 1. The zero-order chi connectivity index (χ0) is 38.6. The third-order valence-corrected chi connectivity index (χ3v) is 10.1. The van der Waals surface area contributed by atoms with Gasteiger partial charge in [-0.15, -0.1) is 6.58 Å². The van der Waals surface area contributed by atoms with E-state index in [4.69, 9.17) is 18.5 Å². The van der Waals surface area contributed by atoms with Crippen LogP contribution in [-0.4, -0.2) is 74.9 Å². The van der Waals surface area contributed by atoms with E-state index in [2.05, 4.69) is 25.7 Å². The van der Waals surface area contributed by atoms with Crippen LogP contribution in [0.3, 0.4) is 0 Å². The number of esters is 2. The molecule has 0 bridgehead atoms. The Balaban J connectivity index is 4.36. The van der Waals surface area contributed by atoms with E-state index in [0.717, 1.165) is 57.8 Å². The third-order valence-electron chi connectivity index (χ3n) is 9.10. The van der Waals surface area contributed by atoms with E-state index in [9.17, 15) is 19.0 Å². The van der Waals surface area contributed by atoms with Crippen LogP contribution < -0.4 is 0 Å². The maximum Gasteiger partial charge on any atom is 0.472 e. The van der Waals surface area contributed by atoms with Crippen LogP contribution in [0.15, 0.2) is 24.8 Å². The van der Waals surface area contributed by atoms with Gasteiger partial charge in [0.1, 0.15) is 19.8 Å². The van der Waals surface area contributed by atoms with Gasteiger partial charge in [-0.3, -0.25) is 18.6 Å². The number of rotatable bonds is 39. The molecule has 0 spiro atoms. The summed E-state index contributed by atoms with van der Waals surface area (Å²) in [4.78, 5) is 35.3. The Hall–Kier alpha value is -1.51. The number of hydrogen-bond acceptors (Lipinski definition) is 7. The fourth-order valence-corrected chi connectivity index (χ4v) is 6.49. The zero-order valence-electron chi connectivity index (χ0n) is 34.1. The summed E-state index contributed by atoms with van der Waals surface area (Å²) in [7, 11) is 1.47. The maximum atomic E-state index is 12.6. The van der Waals surface area contributed by atoms with Gasteiger partial charge in [0.25, 0.3) is 0 Å². The van der Waals surface area contributed by atoms with Crippen molar-refractivity contribution in [2.75, 3.05) is 47.5 Å². The number of phosphoric acid groups is 1. The predicted molar refractivity (Wildman–Crippen MR) is 215 cm³/mol. The minimum absolute atomic E-state index is 0.0308. The molecular formula is C42H81NO8P+. The van der Waals surface area contributed by atoms with Crippen molar-refractivity contribution >= 4 is 19.8 Å². The predicted octanol–water partition coefficient (Wildman–Crippen LogP) is 11.6. The standard InChI is InChI=1S/C42H80NO8P/c1-6-8-10-12-14-16-18-20-21-23-24-26-28-30-32-34-41(44)48-38-40(39-50-52(46,47)49-37-36-43(3,4)5)51-42(45)35-33-31-29-27-25-22-19-17-15-13-11-9-7-2/h6,17,19,40H,1,7-16,18,20-39H2,2-5H3/p+1/b19-17+/t40-/m1/s1. The summed E-state index contributed by atoms with van der Waals surface area (Å²) in [5.41, 5.74) is 0. The van der Waals surface area contributed by atoms with Crippen molar-refractivity contribution in [1.29, 1.82) is 0 Å². The Bertz CT molecular complexity index is 935. The third kappa shape index (κ3) is 38.2. The first-order chi connectivity index (χ1) is 25.0. The van der Waals surface area contributed by atoms with E-state index < -0.39 is 26.5 Å². The lowest BCUT2D eigenvalue weighted by atomic mass is 10.0. The normalized spacial score (nSPS) is 13.6. The molecule has 52 heavy (non-hydrogen) atoms. The highest BCUT2D eigenvalue weighted by Crippen LogP contribution is 2.43. The second-order valence-electron chi connectivity index (χ2n) is 15.5. The van der Waals surface area contributed by atoms with E-state index in [0.29, 0.717) is 17.4 Å². The molecule has 0 heterocycles. The number of hydrogen-bond donors (Lipinski definition) is 1. The number of nitrogens with zero attached hydrogens (tertiary/aromatic N) is 1. The minimum atomic E-state index is -4.37. The van der Waals surface area contributed by atoms with Crippen molar-refractivity contribution in [2.24, 2.45) is 0 Å². The topological polar surface area (TPSA) is 108 Å². The van der Waals surface area contributed by atoms with Crippen LogP contribution in [0.4, 0.5) is 0 Å². The summed E-state index contributed by atoms with van der Waals surface area (Å²) in [5, 5.41) is 0. The molecule has 0 aromatic rings. The molecule has 0 aliphatic carbocycles. The summed E-state index contributed by atoms with van der Waals surface area (Å²) in [6, 6.07) is 0. The molecule has 2 atom stereocenters. The Morgan fingerprint density at radius 2 is 1.08 bits per heavy atom. The molecule has 9 nitrogen and oxygen atoms in total. The van der Waals surface area contributed by atoms with Gasteiger partial charge in [-0.05, 0) is 51.4 Å². The van der Waals surface area contributed by atoms with E-state index in [-0.39, 0.29) is 32.0 Å². The Morgan fingerprint density at radius 3 is 1.56 bits per heavy atom. The molecule has 306 valence electrons. The molecule has 0 aliphatic rings. The van der Waals surface area contributed by atoms with Crippen LogP contribution in [0.5, 0.6) is 0 Å². The largest absolute Gasteiger partial charge is 0.472 e. The molecule has 0 rings (SSSR count). The zero-order valence-corrected chi connectivity index (χ0v) is 35.0. The van der Waals surface area contributed by atoms with Gasteiger partial charge >= 0.3 is 19.8 Å². The summed E-state index contributed by atoms with van der Waals surface area (Å²) in [6.45, 7) is 5.92. The second kappa shape index (κ2) is 35.2. The first kappa shape index (κ1) is 50.5. The highest BCUT2D eigenvalue weighted by molar-refractivity contribution is 7.47. The van der Waals surface area contributed by atoms with Gasteiger partial charge in [-0.2, -0.15) is 0 Å². The summed E-state index contributed by atoms with van der Waals surface area (Å²) in [6.07, 6.45) is 35.4. The molecule has 0 radical (unpaired) electrons. The van der Waals surface area contributed by atoms with E-state index in [1.807, 2.05) is 27.2 Å². The van der Waals surface area contributed by atoms with Crippen molar-refractivity contribution in [3.8, 4) is 0 Å². The average molecular weight is 759 g/mol. The fourth-order valence-electron chi connectivity index (χ4n) is 5.75. The number of carbonyl (C=O) groups excluding carboxylic acids is 2. The molecule has 1 N–H and O–H groups in total. The Kier molecular flexibility index (Phi) is 34.2. The molecule has 10 heteroatoms. The highest BCUT2D eigenvalue weighted by atomic mass is 31.2. The number of carbonyl (C=O) groups is 2. The lowest BCUT2D eigenvalue weighted by Crippen LogP contribution is -2.37. The number of allylic oxidation sites excluding steroid dienone is 3. The first-order valence-corrected chi connectivity index (χ1v) is 22.5. The average Bonchev–Trinajstić information content (AvgIpc) is 3.09. The van der Waals surface area contributed by atoms with Crippen molar-refractivity contribution < 1.29 is 42.1 Å². The quantitative estimate of drug-likeness (QED) is 0.0217. The van der Waals surface area contributed by atoms with Crippen LogP contribution in [0.25, 0.3) is 0 Å². The minimum Gasteiger partial charge on any atom is -0.462 e. The lowest BCUT2D eigenvalue weighted by molar-refractivity contribution is -0.870. The molecule has 0 saturated heterocycles. The van der Waals surface area contributed by atoms with Crippen molar-refractivity contribution in [3.63, 3.8) is 0 Å². The number of unbranched alkanes of at least 4 members (excludes halogenated alkanes) is 22. The van der Waals surface area contributed by atoms with Crippen LogP contribution in [0, 0.1) is 0 Å². The fraction of sp³-hybridized carbons (Fsp3) is 0.857. The van der Waals surface area contributed by atoms with Gasteiger partial charge in [-0.25, -0.2) is 4.57 Å². The van der Waals surface area contributed by atoms with Gasteiger partial charge in [0, 0.05) is 12.8 Å². The Morgan fingerprint density at radius 1 is 0.635 bits per heavy atom. The van der Waals surface area contributed by atoms with Crippen LogP contribution >= 0.6 is 7.82 Å². The summed E-state index contributed by atoms with van der Waals surface area (Å²) >= 11 is 0. The monoisotopic (exact) mass is 759 g/mol. The van der Waals surface area contributed by atoms with Crippen LogP contribution in [0.2, 0.25) is 0 Å². The number of quaternary nitrogens is 1. The van der Waals surface area contributed by atoms with E-state index in [1.165, 1.54) is 96.3 Å². The number of phosphoric ester groups is 1. The van der Waals surface area contributed by atoms with Crippen molar-refractivity contribution in [3.05, 3.63) is 24.8 Å². The summed E-state index contributed by atoms with van der Waals surface area (Å²) < 4.78 is 34.2. The molecule has 0 saturated carbocycles. The second-order valence-corrected chi connectivity index (χ2v) is 16.9. The van der Waals surface area contributed by atoms with Gasteiger partial charge in [0.15, 0.2) is 6.10 Å². The van der Waals surface area contributed by atoms with Gasteiger partial charge in [0.2, 0.25) is 0 Å². The molecule has 0 aromatic carbocycles. The molecule has 0 amide bonds. The van der Waals surface area contributed by atoms with Crippen molar-refractivity contribution in [2.45, 2.75) is 186 Å². The molecule has 0 aliphatic heterocycles. The van der Waals surface area contributed by atoms with Gasteiger partial charge in [0.05, 0.1) is 27.7 Å². The summed E-state index contributed by atoms with van der Waals surface area (Å²) in [5.74, 6) is -0.808. The molecular weight excluding hydrogens is 677 g/mol. The van der Waals surface area contributed by atoms with E-state index in [1.54, 1.807) is 0 Å². The first-order valence-electron chi connectivity index (χ1n) is 21.0. The lowest BCUT2D eigenvalue weighted by Gasteiger charge is -2.24. The van der Waals surface area contributed by atoms with E-state index >= 15 is 0 Å². The smallest absolute Gasteiger partial charge is 0.462 e. The van der Waals surface area contributed by atoms with Gasteiger partial charge < -0.3 is 18.9 Å². The van der Waals surface area contributed by atoms with Crippen LogP contribution in [-0.2, 0) is 32.7 Å². The molecule has 0 fully saturated rings. The van der Waals surface area contributed by atoms with Crippen LogP contribution in [0.1, 0.15) is 180 Å². The molecule has 1 unspecified atom stereocenters. The molecule has 0 aromatic heterocycles. The highest BCUT2D eigenvalue weighted by Gasteiger charge is 2.27. The van der Waals surface area contributed by atoms with Gasteiger partial charge in [-0.1, -0.05) is 134 Å². The maximum absolute atomic E-state index is 12.6.